The van der Waals surface area contributed by atoms with E-state index in [-0.39, 0.29) is 12.5 Å². The third-order valence-corrected chi connectivity index (χ3v) is 2.23. The standard InChI is InChI=1S/C12H16N2O3/c1-3-4-14(8-11(15)16)12(17)10-5-9(2)6-13-7-10/h5-7H,3-4,8H2,1-2H3,(H,15,16). The van der Waals surface area contributed by atoms with Crippen molar-refractivity contribution in [3.05, 3.63) is 29.6 Å². The Morgan fingerprint density at radius 2 is 2.12 bits per heavy atom. The fourth-order valence-electron chi connectivity index (χ4n) is 1.54. The molecule has 0 atom stereocenters. The van der Waals surface area contributed by atoms with Crippen molar-refractivity contribution in [1.82, 2.24) is 9.88 Å². The second-order valence-corrected chi connectivity index (χ2v) is 3.87. The first-order chi connectivity index (χ1) is 8.04. The summed E-state index contributed by atoms with van der Waals surface area (Å²) in [5, 5.41) is 8.75. The highest BCUT2D eigenvalue weighted by atomic mass is 16.4. The second-order valence-electron chi connectivity index (χ2n) is 3.87. The molecule has 0 aliphatic carbocycles. The maximum atomic E-state index is 12.0. The summed E-state index contributed by atoms with van der Waals surface area (Å²) in [5.41, 5.74) is 1.31. The van der Waals surface area contributed by atoms with Crippen molar-refractivity contribution >= 4 is 11.9 Å². The van der Waals surface area contributed by atoms with Crippen LogP contribution in [-0.4, -0.2) is 40.0 Å². The molecule has 0 fully saturated rings. The van der Waals surface area contributed by atoms with Crippen molar-refractivity contribution in [3.63, 3.8) is 0 Å². The summed E-state index contributed by atoms with van der Waals surface area (Å²) in [5.74, 6) is -1.29. The molecule has 17 heavy (non-hydrogen) atoms. The number of amides is 1. The van der Waals surface area contributed by atoms with E-state index in [1.807, 2.05) is 13.8 Å². The zero-order chi connectivity index (χ0) is 12.8. The predicted molar refractivity (Wildman–Crippen MR) is 62.8 cm³/mol. The molecule has 92 valence electrons. The number of aliphatic carboxylic acids is 1. The molecule has 0 aromatic carbocycles. The summed E-state index contributed by atoms with van der Waals surface area (Å²) >= 11 is 0. The Morgan fingerprint density at radius 3 is 2.65 bits per heavy atom. The fraction of sp³-hybridized carbons (Fsp3) is 0.417. The molecular weight excluding hydrogens is 220 g/mol. The molecule has 0 aliphatic rings. The Kier molecular flexibility index (Phi) is 4.63. The maximum Gasteiger partial charge on any atom is 0.323 e. The van der Waals surface area contributed by atoms with Crippen LogP contribution in [0.15, 0.2) is 18.5 Å². The minimum absolute atomic E-state index is 0.277. The molecule has 1 aromatic rings. The Bertz CT molecular complexity index is 418. The molecule has 1 amide bonds. The van der Waals surface area contributed by atoms with Crippen LogP contribution in [0.3, 0.4) is 0 Å². The summed E-state index contributed by atoms with van der Waals surface area (Å²) in [4.78, 5) is 28.0. The van der Waals surface area contributed by atoms with Gasteiger partial charge in [-0.05, 0) is 25.0 Å². The zero-order valence-electron chi connectivity index (χ0n) is 10.0. The van der Waals surface area contributed by atoms with Gasteiger partial charge in [-0.3, -0.25) is 14.6 Å². The largest absolute Gasteiger partial charge is 0.480 e. The van der Waals surface area contributed by atoms with Crippen LogP contribution in [0.4, 0.5) is 0 Å². The van der Waals surface area contributed by atoms with Crippen LogP contribution >= 0.6 is 0 Å². The number of pyridine rings is 1. The minimum Gasteiger partial charge on any atom is -0.480 e. The van der Waals surface area contributed by atoms with Gasteiger partial charge in [-0.25, -0.2) is 0 Å². The monoisotopic (exact) mass is 236 g/mol. The summed E-state index contributed by atoms with van der Waals surface area (Å²) in [6.45, 7) is 3.89. The topological polar surface area (TPSA) is 70.5 Å². The average molecular weight is 236 g/mol. The van der Waals surface area contributed by atoms with Crippen molar-refractivity contribution in [3.8, 4) is 0 Å². The number of carboxylic acid groups (broad SMARTS) is 1. The number of carbonyl (C=O) groups is 2. The van der Waals surface area contributed by atoms with Gasteiger partial charge in [0.25, 0.3) is 5.91 Å². The van der Waals surface area contributed by atoms with Crippen LogP contribution in [-0.2, 0) is 4.79 Å². The number of aryl methyl sites for hydroxylation is 1. The number of nitrogens with zero attached hydrogens (tertiary/aromatic N) is 2. The lowest BCUT2D eigenvalue weighted by Crippen LogP contribution is -2.36. The van der Waals surface area contributed by atoms with Crippen LogP contribution in [0, 0.1) is 6.92 Å². The first-order valence-electron chi connectivity index (χ1n) is 5.47. The van der Waals surface area contributed by atoms with Gasteiger partial charge in [0.05, 0.1) is 5.56 Å². The molecule has 0 aliphatic heterocycles. The Labute approximate surface area is 100 Å². The van der Waals surface area contributed by atoms with Crippen LogP contribution in [0.1, 0.15) is 29.3 Å². The van der Waals surface area contributed by atoms with E-state index in [1.165, 1.54) is 11.1 Å². The van der Waals surface area contributed by atoms with Gasteiger partial charge in [0.1, 0.15) is 6.54 Å². The summed E-state index contributed by atoms with van der Waals surface area (Å²) < 4.78 is 0. The minimum atomic E-state index is -1.01. The molecular formula is C12H16N2O3. The quantitative estimate of drug-likeness (QED) is 0.837. The van der Waals surface area contributed by atoms with Gasteiger partial charge in [0, 0.05) is 18.9 Å². The molecule has 5 nitrogen and oxygen atoms in total. The molecule has 0 bridgehead atoms. The maximum absolute atomic E-state index is 12.0. The molecule has 1 N–H and O–H groups in total. The molecule has 0 radical (unpaired) electrons. The van der Waals surface area contributed by atoms with Crippen LogP contribution in [0.5, 0.6) is 0 Å². The smallest absolute Gasteiger partial charge is 0.323 e. The molecule has 1 rings (SSSR count). The van der Waals surface area contributed by atoms with E-state index < -0.39 is 5.97 Å². The third-order valence-electron chi connectivity index (χ3n) is 2.23. The molecule has 1 aromatic heterocycles. The van der Waals surface area contributed by atoms with E-state index in [0.717, 1.165) is 12.0 Å². The number of carboxylic acids is 1. The average Bonchev–Trinajstić information content (AvgIpc) is 2.27. The summed E-state index contributed by atoms with van der Waals surface area (Å²) in [7, 11) is 0. The Morgan fingerprint density at radius 1 is 1.41 bits per heavy atom. The van der Waals surface area contributed by atoms with Gasteiger partial charge in [-0.1, -0.05) is 6.92 Å². The Balaban J connectivity index is 2.87. The number of aromatic nitrogens is 1. The van der Waals surface area contributed by atoms with Gasteiger partial charge >= 0.3 is 5.97 Å². The molecule has 5 heteroatoms. The lowest BCUT2D eigenvalue weighted by molar-refractivity contribution is -0.137. The van der Waals surface area contributed by atoms with Gasteiger partial charge in [-0.15, -0.1) is 0 Å². The van der Waals surface area contributed by atoms with Crippen molar-refractivity contribution < 1.29 is 14.7 Å². The van der Waals surface area contributed by atoms with Crippen LogP contribution in [0.25, 0.3) is 0 Å². The van der Waals surface area contributed by atoms with Gasteiger partial charge in [0.15, 0.2) is 0 Å². The number of rotatable bonds is 5. The molecule has 0 saturated heterocycles. The summed E-state index contributed by atoms with van der Waals surface area (Å²) in [6, 6.07) is 1.71. The van der Waals surface area contributed by atoms with Gasteiger partial charge in [-0.2, -0.15) is 0 Å². The lowest BCUT2D eigenvalue weighted by Gasteiger charge is -2.19. The number of hydrogen-bond acceptors (Lipinski definition) is 3. The number of carbonyl (C=O) groups excluding carboxylic acids is 1. The van der Waals surface area contributed by atoms with Crippen LogP contribution < -0.4 is 0 Å². The predicted octanol–water partition coefficient (Wildman–Crippen LogP) is 1.33. The SMILES string of the molecule is CCCN(CC(=O)O)C(=O)c1cncc(C)c1. The Hall–Kier alpha value is -1.91. The van der Waals surface area contributed by atoms with E-state index in [4.69, 9.17) is 5.11 Å². The normalized spacial score (nSPS) is 10.0. The zero-order valence-corrected chi connectivity index (χ0v) is 10.0. The molecule has 0 spiro atoms. The van der Waals surface area contributed by atoms with E-state index in [0.29, 0.717) is 12.1 Å². The first-order valence-corrected chi connectivity index (χ1v) is 5.47. The highest BCUT2D eigenvalue weighted by molar-refractivity contribution is 5.95. The fourth-order valence-corrected chi connectivity index (χ4v) is 1.54. The van der Waals surface area contributed by atoms with Crippen molar-refractivity contribution in [2.75, 3.05) is 13.1 Å². The molecule has 1 heterocycles. The highest BCUT2D eigenvalue weighted by Gasteiger charge is 2.17. The van der Waals surface area contributed by atoms with Gasteiger partial charge < -0.3 is 10.0 Å². The summed E-state index contributed by atoms with van der Waals surface area (Å²) in [6.07, 6.45) is 3.83. The number of hydrogen-bond donors (Lipinski definition) is 1. The van der Waals surface area contributed by atoms with E-state index in [9.17, 15) is 9.59 Å². The molecule has 0 unspecified atom stereocenters. The third kappa shape index (κ3) is 3.86. The second kappa shape index (κ2) is 5.98. The van der Waals surface area contributed by atoms with E-state index in [2.05, 4.69) is 4.98 Å². The first kappa shape index (κ1) is 13.2. The molecule has 0 saturated carbocycles. The van der Waals surface area contributed by atoms with Gasteiger partial charge in [0.2, 0.25) is 0 Å². The lowest BCUT2D eigenvalue weighted by atomic mass is 10.2. The highest BCUT2D eigenvalue weighted by Crippen LogP contribution is 2.06. The van der Waals surface area contributed by atoms with Crippen molar-refractivity contribution in [1.29, 1.82) is 0 Å². The van der Waals surface area contributed by atoms with Crippen molar-refractivity contribution in [2.24, 2.45) is 0 Å². The van der Waals surface area contributed by atoms with E-state index in [1.54, 1.807) is 12.3 Å². The van der Waals surface area contributed by atoms with Crippen LogP contribution in [0.2, 0.25) is 0 Å². The van der Waals surface area contributed by atoms with E-state index >= 15 is 0 Å². The van der Waals surface area contributed by atoms with Crippen molar-refractivity contribution in [2.45, 2.75) is 20.3 Å².